The van der Waals surface area contributed by atoms with Crippen LogP contribution < -0.4 is 5.32 Å². The Bertz CT molecular complexity index is 488. The zero-order chi connectivity index (χ0) is 14.0. The number of nitrogens with zero attached hydrogens (tertiary/aromatic N) is 2. The summed E-state index contributed by atoms with van der Waals surface area (Å²) >= 11 is 0. The molecule has 0 fully saturated rings. The van der Waals surface area contributed by atoms with E-state index in [1.165, 1.54) is 6.20 Å². The number of likely N-dealkylation sites (N-methyl/N-ethyl adjacent to an activating group) is 1. The normalized spacial score (nSPS) is 16.0. The molecule has 0 unspecified atom stereocenters. The van der Waals surface area contributed by atoms with E-state index in [2.05, 4.69) is 9.88 Å². The first kappa shape index (κ1) is 13.8. The minimum Gasteiger partial charge on any atom is -0.343 e. The first-order valence-corrected chi connectivity index (χ1v) is 5.86. The molecule has 0 atom stereocenters. The van der Waals surface area contributed by atoms with Crippen LogP contribution in [0.15, 0.2) is 12.4 Å². The average Bonchev–Trinajstić information content (AvgIpc) is 2.34. The molecule has 0 radical (unpaired) electrons. The molecule has 2 rings (SSSR count). The number of aromatic nitrogens is 1. The van der Waals surface area contributed by atoms with Gasteiger partial charge in [-0.05, 0) is 24.6 Å². The van der Waals surface area contributed by atoms with E-state index < -0.39 is 18.6 Å². The van der Waals surface area contributed by atoms with Crippen LogP contribution in [0.1, 0.15) is 21.5 Å². The van der Waals surface area contributed by atoms with Gasteiger partial charge in [-0.15, -0.1) is 0 Å². The van der Waals surface area contributed by atoms with E-state index in [4.69, 9.17) is 0 Å². The van der Waals surface area contributed by atoms with Crippen molar-refractivity contribution in [3.05, 3.63) is 29.1 Å². The molecule has 0 saturated carbocycles. The number of hydrogen-bond acceptors (Lipinski definition) is 3. The van der Waals surface area contributed by atoms with Crippen LogP contribution >= 0.6 is 0 Å². The number of fused-ring (bicyclic) bond motifs is 1. The molecular weight excluding hydrogens is 259 g/mol. The summed E-state index contributed by atoms with van der Waals surface area (Å²) in [5.74, 6) is -0.716. The second kappa shape index (κ2) is 5.16. The van der Waals surface area contributed by atoms with E-state index >= 15 is 0 Å². The van der Waals surface area contributed by atoms with Gasteiger partial charge >= 0.3 is 6.18 Å². The lowest BCUT2D eigenvalue weighted by atomic mass is 9.97. The molecule has 1 aliphatic rings. The maximum atomic E-state index is 12.1. The highest BCUT2D eigenvalue weighted by atomic mass is 19.4. The van der Waals surface area contributed by atoms with Gasteiger partial charge in [-0.1, -0.05) is 0 Å². The average molecular weight is 273 g/mol. The third-order valence-corrected chi connectivity index (χ3v) is 3.02. The summed E-state index contributed by atoms with van der Waals surface area (Å²) in [6, 6.07) is 0. The second-order valence-electron chi connectivity index (χ2n) is 4.61. The van der Waals surface area contributed by atoms with Gasteiger partial charge in [-0.2, -0.15) is 13.2 Å². The monoisotopic (exact) mass is 273 g/mol. The molecule has 7 heteroatoms. The Kier molecular flexibility index (Phi) is 3.75. The smallest absolute Gasteiger partial charge is 0.343 e. The molecule has 1 amide bonds. The summed E-state index contributed by atoms with van der Waals surface area (Å²) in [5.41, 5.74) is 1.94. The van der Waals surface area contributed by atoms with Crippen LogP contribution in [0.4, 0.5) is 13.2 Å². The van der Waals surface area contributed by atoms with Crippen molar-refractivity contribution >= 4 is 5.91 Å². The van der Waals surface area contributed by atoms with Gasteiger partial charge in [0.05, 0.1) is 5.56 Å². The third-order valence-electron chi connectivity index (χ3n) is 3.02. The number of alkyl halides is 3. The highest BCUT2D eigenvalue weighted by Gasteiger charge is 2.29. The van der Waals surface area contributed by atoms with Gasteiger partial charge in [-0.3, -0.25) is 9.78 Å². The van der Waals surface area contributed by atoms with Gasteiger partial charge in [0.25, 0.3) is 5.91 Å². The molecule has 0 saturated heterocycles. The Balaban J connectivity index is 2.17. The van der Waals surface area contributed by atoms with Crippen molar-refractivity contribution in [1.82, 2.24) is 15.2 Å². The predicted molar refractivity (Wildman–Crippen MR) is 62.7 cm³/mol. The maximum Gasteiger partial charge on any atom is 0.405 e. The lowest BCUT2D eigenvalue weighted by Crippen LogP contribution is -2.35. The van der Waals surface area contributed by atoms with Crippen molar-refractivity contribution in [2.45, 2.75) is 19.1 Å². The molecule has 4 nitrogen and oxygen atoms in total. The lowest BCUT2D eigenvalue weighted by Gasteiger charge is -2.26. The molecule has 0 aromatic carbocycles. The molecule has 104 valence electrons. The van der Waals surface area contributed by atoms with Gasteiger partial charge < -0.3 is 10.2 Å². The molecule has 0 aliphatic carbocycles. The first-order valence-electron chi connectivity index (χ1n) is 5.86. The van der Waals surface area contributed by atoms with E-state index in [-0.39, 0.29) is 5.56 Å². The molecule has 1 aliphatic heterocycles. The standard InChI is InChI=1S/C12H14F3N3O/c1-18-3-2-9-8(6-18)4-16-5-10(9)11(19)17-7-12(13,14)15/h4-5H,2-3,6-7H2,1H3,(H,17,19). The van der Waals surface area contributed by atoms with Crippen LogP contribution in [0.5, 0.6) is 0 Å². The minimum atomic E-state index is -4.40. The number of carbonyl (C=O) groups is 1. The molecule has 2 heterocycles. The van der Waals surface area contributed by atoms with E-state index in [0.29, 0.717) is 13.0 Å². The van der Waals surface area contributed by atoms with Gasteiger partial charge in [0.15, 0.2) is 0 Å². The summed E-state index contributed by atoms with van der Waals surface area (Å²) < 4.78 is 36.3. The summed E-state index contributed by atoms with van der Waals surface area (Å²) in [6.45, 7) is 0.106. The van der Waals surface area contributed by atoms with E-state index in [9.17, 15) is 18.0 Å². The molecular formula is C12H14F3N3O. The van der Waals surface area contributed by atoms with Crippen LogP contribution in [0, 0.1) is 0 Å². The summed E-state index contributed by atoms with van der Waals surface area (Å²) in [6.07, 6.45) is -0.775. The Labute approximate surface area is 108 Å². The predicted octanol–water partition coefficient (Wildman–Crippen LogP) is 1.36. The molecule has 0 bridgehead atoms. The molecule has 1 N–H and O–H groups in total. The van der Waals surface area contributed by atoms with Gasteiger partial charge in [0, 0.05) is 25.5 Å². The van der Waals surface area contributed by atoms with Crippen molar-refractivity contribution in [2.24, 2.45) is 0 Å². The third kappa shape index (κ3) is 3.44. The quantitative estimate of drug-likeness (QED) is 0.885. The zero-order valence-corrected chi connectivity index (χ0v) is 10.4. The maximum absolute atomic E-state index is 12.1. The fourth-order valence-electron chi connectivity index (χ4n) is 2.11. The van der Waals surface area contributed by atoms with Crippen LogP contribution in [0.3, 0.4) is 0 Å². The Morgan fingerprint density at radius 3 is 2.89 bits per heavy atom. The Hall–Kier alpha value is -1.63. The highest BCUT2D eigenvalue weighted by molar-refractivity contribution is 5.95. The van der Waals surface area contributed by atoms with Crippen LogP contribution in [-0.4, -0.2) is 42.1 Å². The van der Waals surface area contributed by atoms with E-state index in [0.717, 1.165) is 17.7 Å². The highest BCUT2D eigenvalue weighted by Crippen LogP contribution is 2.21. The first-order chi connectivity index (χ1) is 8.87. The molecule has 0 spiro atoms. The SMILES string of the molecule is CN1CCc2c(cncc2C(=O)NCC(F)(F)F)C1. The van der Waals surface area contributed by atoms with Gasteiger partial charge in [0.2, 0.25) is 0 Å². The van der Waals surface area contributed by atoms with Gasteiger partial charge in [-0.25, -0.2) is 0 Å². The van der Waals surface area contributed by atoms with Crippen LogP contribution in [-0.2, 0) is 13.0 Å². The van der Waals surface area contributed by atoms with E-state index in [1.807, 2.05) is 12.4 Å². The fraction of sp³-hybridized carbons (Fsp3) is 0.500. The number of nitrogens with one attached hydrogen (secondary N) is 1. The minimum absolute atomic E-state index is 0.245. The van der Waals surface area contributed by atoms with Crippen molar-refractivity contribution in [2.75, 3.05) is 20.1 Å². The summed E-state index contributed by atoms with van der Waals surface area (Å²) in [7, 11) is 1.94. The fourth-order valence-corrected chi connectivity index (χ4v) is 2.11. The second-order valence-corrected chi connectivity index (χ2v) is 4.61. The number of hydrogen-bond donors (Lipinski definition) is 1. The largest absolute Gasteiger partial charge is 0.405 e. The van der Waals surface area contributed by atoms with Crippen molar-refractivity contribution in [3.8, 4) is 0 Å². The summed E-state index contributed by atoms with van der Waals surface area (Å²) in [4.78, 5) is 17.8. The molecule has 19 heavy (non-hydrogen) atoms. The summed E-state index contributed by atoms with van der Waals surface area (Å²) in [5, 5.41) is 1.88. The Morgan fingerprint density at radius 1 is 1.47 bits per heavy atom. The number of halogens is 3. The molecule has 1 aromatic rings. The number of carbonyl (C=O) groups excluding carboxylic acids is 1. The van der Waals surface area contributed by atoms with Gasteiger partial charge in [0.1, 0.15) is 6.54 Å². The number of pyridine rings is 1. The van der Waals surface area contributed by atoms with Crippen LogP contribution in [0.2, 0.25) is 0 Å². The van der Waals surface area contributed by atoms with Crippen molar-refractivity contribution in [3.63, 3.8) is 0 Å². The number of rotatable bonds is 2. The van der Waals surface area contributed by atoms with Crippen molar-refractivity contribution in [1.29, 1.82) is 0 Å². The zero-order valence-electron chi connectivity index (χ0n) is 10.4. The Morgan fingerprint density at radius 2 is 2.21 bits per heavy atom. The lowest BCUT2D eigenvalue weighted by molar-refractivity contribution is -0.123. The number of amides is 1. The molecule has 1 aromatic heterocycles. The van der Waals surface area contributed by atoms with Crippen molar-refractivity contribution < 1.29 is 18.0 Å². The topological polar surface area (TPSA) is 45.2 Å². The van der Waals surface area contributed by atoms with Crippen LogP contribution in [0.25, 0.3) is 0 Å². The van der Waals surface area contributed by atoms with E-state index in [1.54, 1.807) is 6.20 Å².